The van der Waals surface area contributed by atoms with Crippen LogP contribution in [0.1, 0.15) is 25.3 Å². The van der Waals surface area contributed by atoms with Gasteiger partial charge >= 0.3 is 0 Å². The molecule has 0 radical (unpaired) electrons. The second kappa shape index (κ2) is 5.22. The fourth-order valence-corrected chi connectivity index (χ4v) is 1.93. The van der Waals surface area contributed by atoms with Crippen LogP contribution in [-0.4, -0.2) is 22.2 Å². The maximum atomic E-state index is 14.0. The quantitative estimate of drug-likeness (QED) is 0.923. The van der Waals surface area contributed by atoms with Gasteiger partial charge in [-0.05, 0) is 18.1 Å². The van der Waals surface area contributed by atoms with Crippen LogP contribution in [0.2, 0.25) is 0 Å². The summed E-state index contributed by atoms with van der Waals surface area (Å²) < 4.78 is 19.0. The number of aromatic nitrogens is 2. The zero-order valence-electron chi connectivity index (χ0n) is 11.0. The third-order valence-corrected chi connectivity index (χ3v) is 2.83. The monoisotopic (exact) mass is 262 g/mol. The van der Waals surface area contributed by atoms with Crippen molar-refractivity contribution in [2.45, 2.75) is 19.8 Å². The molecule has 0 atom stereocenters. The van der Waals surface area contributed by atoms with E-state index in [-0.39, 0.29) is 11.7 Å². The molecule has 1 heterocycles. The van der Waals surface area contributed by atoms with Crippen LogP contribution in [0.25, 0.3) is 11.3 Å². The van der Waals surface area contributed by atoms with E-state index in [4.69, 9.17) is 4.74 Å². The molecule has 1 aromatic heterocycles. The Balaban J connectivity index is 2.52. The number of phenolic OH excluding ortho intramolecular Hbond substituents is 1. The number of hydrogen-bond acceptors (Lipinski definition) is 4. The van der Waals surface area contributed by atoms with Gasteiger partial charge in [0.2, 0.25) is 5.88 Å². The van der Waals surface area contributed by atoms with Gasteiger partial charge in [-0.25, -0.2) is 14.4 Å². The lowest BCUT2D eigenvalue weighted by Gasteiger charge is -2.11. The minimum Gasteiger partial charge on any atom is -0.508 e. The Morgan fingerprint density at radius 1 is 1.21 bits per heavy atom. The molecule has 5 heteroatoms. The van der Waals surface area contributed by atoms with Gasteiger partial charge in [-0.15, -0.1) is 0 Å². The van der Waals surface area contributed by atoms with E-state index in [1.807, 2.05) is 13.8 Å². The van der Waals surface area contributed by atoms with Gasteiger partial charge in [0.05, 0.1) is 12.8 Å². The maximum Gasteiger partial charge on any atom is 0.216 e. The molecule has 0 spiro atoms. The number of methoxy groups -OCH3 is 1. The van der Waals surface area contributed by atoms with Crippen LogP contribution in [0.5, 0.6) is 11.6 Å². The molecule has 2 aromatic rings. The number of rotatable bonds is 3. The van der Waals surface area contributed by atoms with E-state index < -0.39 is 5.82 Å². The summed E-state index contributed by atoms with van der Waals surface area (Å²) in [4.78, 5) is 7.93. The number of nitrogens with zero attached hydrogens (tertiary/aromatic N) is 2. The van der Waals surface area contributed by atoms with Crippen molar-refractivity contribution in [3.05, 3.63) is 35.9 Å². The number of benzene rings is 1. The second-order valence-corrected chi connectivity index (χ2v) is 4.49. The first-order valence-corrected chi connectivity index (χ1v) is 5.91. The molecule has 0 aliphatic carbocycles. The molecule has 0 saturated heterocycles. The van der Waals surface area contributed by atoms with Gasteiger partial charge < -0.3 is 9.84 Å². The average molecular weight is 262 g/mol. The molecule has 0 amide bonds. The van der Waals surface area contributed by atoms with E-state index in [1.165, 1.54) is 25.6 Å². The Bertz CT molecular complexity index is 577. The van der Waals surface area contributed by atoms with Crippen molar-refractivity contribution in [2.75, 3.05) is 7.11 Å². The van der Waals surface area contributed by atoms with Crippen molar-refractivity contribution < 1.29 is 14.2 Å². The summed E-state index contributed by atoms with van der Waals surface area (Å²) in [5.74, 6) is -0.211. The summed E-state index contributed by atoms with van der Waals surface area (Å²) >= 11 is 0. The first-order chi connectivity index (χ1) is 9.02. The standard InChI is InChI=1S/C14H15FN2O2/c1-8(2)14-10(15)4-9(5-12(14)18)11-6-13(19-3)17-7-16-11/h4-8,18H,1-3H3. The summed E-state index contributed by atoms with van der Waals surface area (Å²) in [6.45, 7) is 3.65. The lowest BCUT2D eigenvalue weighted by atomic mass is 9.98. The van der Waals surface area contributed by atoms with Crippen LogP contribution < -0.4 is 4.74 Å². The summed E-state index contributed by atoms with van der Waals surface area (Å²) in [5, 5.41) is 9.92. The molecular weight excluding hydrogens is 247 g/mol. The van der Waals surface area contributed by atoms with Gasteiger partial charge in [0.1, 0.15) is 17.9 Å². The van der Waals surface area contributed by atoms with E-state index >= 15 is 0 Å². The number of aromatic hydroxyl groups is 1. The SMILES string of the molecule is COc1cc(-c2cc(O)c(C(C)C)c(F)c2)ncn1. The van der Waals surface area contributed by atoms with E-state index in [0.29, 0.717) is 22.7 Å². The predicted octanol–water partition coefficient (Wildman–Crippen LogP) is 3.12. The van der Waals surface area contributed by atoms with Gasteiger partial charge in [-0.3, -0.25) is 0 Å². The Morgan fingerprint density at radius 3 is 2.53 bits per heavy atom. The van der Waals surface area contributed by atoms with Gasteiger partial charge in [-0.2, -0.15) is 0 Å². The lowest BCUT2D eigenvalue weighted by Crippen LogP contribution is -1.96. The number of ether oxygens (including phenoxy) is 1. The van der Waals surface area contributed by atoms with Crippen LogP contribution in [-0.2, 0) is 0 Å². The molecule has 2 rings (SSSR count). The predicted molar refractivity (Wildman–Crippen MR) is 69.7 cm³/mol. The molecule has 4 nitrogen and oxygen atoms in total. The number of halogens is 1. The Hall–Kier alpha value is -2.17. The third kappa shape index (κ3) is 2.65. The zero-order chi connectivity index (χ0) is 14.0. The van der Waals surface area contributed by atoms with Crippen molar-refractivity contribution in [1.29, 1.82) is 0 Å². The van der Waals surface area contributed by atoms with Gasteiger partial charge in [0.15, 0.2) is 0 Å². The zero-order valence-corrected chi connectivity index (χ0v) is 11.0. The third-order valence-electron chi connectivity index (χ3n) is 2.83. The van der Waals surface area contributed by atoms with Crippen LogP contribution in [0, 0.1) is 5.82 Å². The minimum atomic E-state index is -0.442. The van der Waals surface area contributed by atoms with Crippen LogP contribution >= 0.6 is 0 Å². The number of phenols is 1. The molecule has 19 heavy (non-hydrogen) atoms. The molecular formula is C14H15FN2O2. The van der Waals surface area contributed by atoms with Crippen molar-refractivity contribution >= 4 is 0 Å². The lowest BCUT2D eigenvalue weighted by molar-refractivity contribution is 0.397. The Kier molecular flexibility index (Phi) is 3.64. The minimum absolute atomic E-state index is 0.0671. The molecule has 0 aliphatic rings. The fourth-order valence-electron chi connectivity index (χ4n) is 1.93. The highest BCUT2D eigenvalue weighted by atomic mass is 19.1. The molecule has 0 bridgehead atoms. The summed E-state index contributed by atoms with van der Waals surface area (Å²) in [5.41, 5.74) is 1.29. The van der Waals surface area contributed by atoms with E-state index in [1.54, 1.807) is 6.07 Å². The van der Waals surface area contributed by atoms with E-state index in [0.717, 1.165) is 0 Å². The van der Waals surface area contributed by atoms with Gasteiger partial charge in [0.25, 0.3) is 0 Å². The highest BCUT2D eigenvalue weighted by Crippen LogP contribution is 2.33. The Labute approximate surface area is 110 Å². The van der Waals surface area contributed by atoms with Crippen molar-refractivity contribution in [3.63, 3.8) is 0 Å². The van der Waals surface area contributed by atoms with Crippen LogP contribution in [0.3, 0.4) is 0 Å². The number of hydrogen-bond donors (Lipinski definition) is 1. The van der Waals surface area contributed by atoms with Gasteiger partial charge in [0, 0.05) is 17.2 Å². The normalized spacial score (nSPS) is 10.8. The average Bonchev–Trinajstić information content (AvgIpc) is 2.37. The Morgan fingerprint density at radius 2 is 1.95 bits per heavy atom. The van der Waals surface area contributed by atoms with E-state index in [9.17, 15) is 9.50 Å². The van der Waals surface area contributed by atoms with E-state index in [2.05, 4.69) is 9.97 Å². The molecule has 0 fully saturated rings. The van der Waals surface area contributed by atoms with Crippen molar-refractivity contribution in [3.8, 4) is 22.9 Å². The summed E-state index contributed by atoms with van der Waals surface area (Å²) in [7, 11) is 1.49. The highest BCUT2D eigenvalue weighted by molar-refractivity contribution is 5.63. The fraction of sp³-hybridized carbons (Fsp3) is 0.286. The maximum absolute atomic E-state index is 14.0. The van der Waals surface area contributed by atoms with Crippen molar-refractivity contribution in [1.82, 2.24) is 9.97 Å². The molecule has 0 saturated carbocycles. The topological polar surface area (TPSA) is 55.2 Å². The molecule has 1 N–H and O–H groups in total. The van der Waals surface area contributed by atoms with Crippen LogP contribution in [0.15, 0.2) is 24.5 Å². The smallest absolute Gasteiger partial charge is 0.216 e. The molecule has 0 unspecified atom stereocenters. The first-order valence-electron chi connectivity index (χ1n) is 5.91. The van der Waals surface area contributed by atoms with Crippen molar-refractivity contribution in [2.24, 2.45) is 0 Å². The largest absolute Gasteiger partial charge is 0.508 e. The first kappa shape index (κ1) is 13.3. The molecule has 0 aliphatic heterocycles. The highest BCUT2D eigenvalue weighted by Gasteiger charge is 2.15. The second-order valence-electron chi connectivity index (χ2n) is 4.49. The molecule has 1 aromatic carbocycles. The van der Waals surface area contributed by atoms with Crippen LogP contribution in [0.4, 0.5) is 4.39 Å². The summed E-state index contributed by atoms with van der Waals surface area (Å²) in [6, 6.07) is 4.44. The van der Waals surface area contributed by atoms with Gasteiger partial charge in [-0.1, -0.05) is 13.8 Å². The molecule has 100 valence electrons. The summed E-state index contributed by atoms with van der Waals surface area (Å²) in [6.07, 6.45) is 1.33.